The smallest absolute Gasteiger partial charge is 0.267 e. The maximum absolute atomic E-state index is 11.4. The van der Waals surface area contributed by atoms with Gasteiger partial charge in [0, 0.05) is 30.5 Å². The standard InChI is InChI=1S/C8H11ClN2O3S/c1-3-11-5-6(15(9,13)14)4-7(11)8(12)10-2/h4-5H,3H2,1-2H3,(H,10,12). The first kappa shape index (κ1) is 12.1. The molecule has 1 N–H and O–H groups in total. The van der Waals surface area contributed by atoms with Crippen LogP contribution in [-0.4, -0.2) is 25.9 Å². The molecule has 5 nitrogen and oxygen atoms in total. The van der Waals surface area contributed by atoms with Crippen molar-refractivity contribution in [2.45, 2.75) is 18.4 Å². The molecule has 15 heavy (non-hydrogen) atoms. The van der Waals surface area contributed by atoms with E-state index in [1.54, 1.807) is 6.92 Å². The molecule has 0 atom stereocenters. The average Bonchev–Trinajstić information content (AvgIpc) is 2.59. The number of carbonyl (C=O) groups is 1. The minimum atomic E-state index is -3.78. The van der Waals surface area contributed by atoms with Crippen LogP contribution >= 0.6 is 10.7 Å². The van der Waals surface area contributed by atoms with E-state index in [0.29, 0.717) is 6.54 Å². The van der Waals surface area contributed by atoms with Gasteiger partial charge in [-0.2, -0.15) is 0 Å². The molecular formula is C8H11ClN2O3S. The fourth-order valence-electron chi connectivity index (χ4n) is 1.20. The average molecular weight is 251 g/mol. The molecule has 0 aliphatic heterocycles. The van der Waals surface area contributed by atoms with E-state index in [9.17, 15) is 13.2 Å². The lowest BCUT2D eigenvalue weighted by Crippen LogP contribution is -2.21. The van der Waals surface area contributed by atoms with Crippen molar-refractivity contribution in [2.75, 3.05) is 7.05 Å². The SMILES string of the molecule is CCn1cc(S(=O)(=O)Cl)cc1C(=O)NC. The Morgan fingerprint density at radius 1 is 1.60 bits per heavy atom. The van der Waals surface area contributed by atoms with Gasteiger partial charge in [0.05, 0.1) is 0 Å². The zero-order chi connectivity index (χ0) is 11.6. The summed E-state index contributed by atoms with van der Waals surface area (Å²) in [4.78, 5) is 11.3. The lowest BCUT2D eigenvalue weighted by Gasteiger charge is -2.03. The third kappa shape index (κ3) is 2.51. The monoisotopic (exact) mass is 250 g/mol. The van der Waals surface area contributed by atoms with Gasteiger partial charge in [0.25, 0.3) is 15.0 Å². The van der Waals surface area contributed by atoms with Crippen molar-refractivity contribution in [2.24, 2.45) is 0 Å². The molecule has 1 amide bonds. The van der Waals surface area contributed by atoms with Gasteiger partial charge in [0.2, 0.25) is 0 Å². The van der Waals surface area contributed by atoms with Crippen molar-refractivity contribution < 1.29 is 13.2 Å². The highest BCUT2D eigenvalue weighted by Gasteiger charge is 2.18. The Morgan fingerprint density at radius 2 is 2.20 bits per heavy atom. The number of amides is 1. The van der Waals surface area contributed by atoms with Gasteiger partial charge in [0.15, 0.2) is 0 Å². The molecule has 0 spiro atoms. The van der Waals surface area contributed by atoms with Gasteiger partial charge < -0.3 is 9.88 Å². The Balaban J connectivity index is 3.29. The fraction of sp³-hybridized carbons (Fsp3) is 0.375. The van der Waals surface area contributed by atoms with E-state index in [4.69, 9.17) is 10.7 Å². The first-order chi connectivity index (χ1) is 6.90. The number of hydrogen-bond acceptors (Lipinski definition) is 3. The molecule has 1 aromatic rings. The number of rotatable bonds is 3. The second-order valence-electron chi connectivity index (χ2n) is 2.86. The van der Waals surface area contributed by atoms with Crippen LogP contribution in [0.4, 0.5) is 0 Å². The van der Waals surface area contributed by atoms with Gasteiger partial charge in [-0.05, 0) is 13.0 Å². The summed E-state index contributed by atoms with van der Waals surface area (Å²) < 4.78 is 23.6. The Kier molecular flexibility index (Phi) is 3.41. The summed E-state index contributed by atoms with van der Waals surface area (Å²) in [6.07, 6.45) is 1.34. The topological polar surface area (TPSA) is 68.2 Å². The minimum Gasteiger partial charge on any atom is -0.354 e. The second kappa shape index (κ2) is 4.24. The van der Waals surface area contributed by atoms with E-state index >= 15 is 0 Å². The molecule has 0 radical (unpaired) electrons. The molecule has 84 valence electrons. The second-order valence-corrected chi connectivity index (χ2v) is 5.43. The summed E-state index contributed by atoms with van der Waals surface area (Å²) in [6, 6.07) is 1.25. The highest BCUT2D eigenvalue weighted by molar-refractivity contribution is 8.13. The van der Waals surface area contributed by atoms with Gasteiger partial charge in [-0.15, -0.1) is 0 Å². The van der Waals surface area contributed by atoms with Gasteiger partial charge in [-0.25, -0.2) is 8.42 Å². The molecule has 0 aliphatic rings. The minimum absolute atomic E-state index is 0.0652. The van der Waals surface area contributed by atoms with Gasteiger partial charge in [0.1, 0.15) is 10.6 Å². The zero-order valence-electron chi connectivity index (χ0n) is 8.32. The van der Waals surface area contributed by atoms with Gasteiger partial charge >= 0.3 is 0 Å². The van der Waals surface area contributed by atoms with E-state index in [0.717, 1.165) is 0 Å². The Morgan fingerprint density at radius 3 is 2.60 bits per heavy atom. The maximum Gasteiger partial charge on any atom is 0.267 e. The van der Waals surface area contributed by atoms with Crippen LogP contribution < -0.4 is 5.32 Å². The normalized spacial score (nSPS) is 11.4. The van der Waals surface area contributed by atoms with Crippen LogP contribution in [0.1, 0.15) is 17.4 Å². The third-order valence-corrected chi connectivity index (χ3v) is 3.27. The fourth-order valence-corrected chi connectivity index (χ4v) is 1.96. The van der Waals surface area contributed by atoms with Crippen molar-refractivity contribution in [1.82, 2.24) is 9.88 Å². The summed E-state index contributed by atoms with van der Waals surface area (Å²) in [5.41, 5.74) is 0.277. The molecule has 1 heterocycles. The number of halogens is 1. The molecule has 1 rings (SSSR count). The Hall–Kier alpha value is -1.01. The number of aryl methyl sites for hydroxylation is 1. The summed E-state index contributed by atoms with van der Waals surface area (Å²) in [6.45, 7) is 2.30. The molecule has 0 aliphatic carbocycles. The number of aromatic nitrogens is 1. The van der Waals surface area contributed by atoms with Crippen molar-refractivity contribution in [3.63, 3.8) is 0 Å². The molecule has 0 unspecified atom stereocenters. The summed E-state index contributed by atoms with van der Waals surface area (Å²) in [5, 5.41) is 2.42. The molecule has 0 aromatic carbocycles. The van der Waals surface area contributed by atoms with E-state index in [1.807, 2.05) is 0 Å². The first-order valence-electron chi connectivity index (χ1n) is 4.27. The highest BCUT2D eigenvalue weighted by atomic mass is 35.7. The summed E-state index contributed by atoms with van der Waals surface area (Å²) in [5.74, 6) is -0.344. The molecule has 1 aromatic heterocycles. The first-order valence-corrected chi connectivity index (χ1v) is 6.58. The lowest BCUT2D eigenvalue weighted by atomic mass is 10.4. The lowest BCUT2D eigenvalue weighted by molar-refractivity contribution is 0.0954. The predicted molar refractivity (Wildman–Crippen MR) is 56.5 cm³/mol. The summed E-state index contributed by atoms with van der Waals surface area (Å²) in [7, 11) is 2.87. The van der Waals surface area contributed by atoms with Crippen molar-refractivity contribution in [3.05, 3.63) is 18.0 Å². The van der Waals surface area contributed by atoms with Crippen LogP contribution in [0.2, 0.25) is 0 Å². The Labute approximate surface area is 92.5 Å². The van der Waals surface area contributed by atoms with Gasteiger partial charge in [-0.1, -0.05) is 0 Å². The van der Waals surface area contributed by atoms with E-state index < -0.39 is 9.05 Å². The van der Waals surface area contributed by atoms with Crippen LogP contribution in [0.25, 0.3) is 0 Å². The number of hydrogen-bond donors (Lipinski definition) is 1. The molecule has 0 saturated carbocycles. The number of nitrogens with zero attached hydrogens (tertiary/aromatic N) is 1. The Bertz CT molecular complexity index is 478. The molecule has 0 fully saturated rings. The molecule has 0 saturated heterocycles. The van der Waals surface area contributed by atoms with Crippen LogP contribution in [0.15, 0.2) is 17.2 Å². The van der Waals surface area contributed by atoms with E-state index in [-0.39, 0.29) is 16.5 Å². The molecule has 0 bridgehead atoms. The van der Waals surface area contributed by atoms with Crippen LogP contribution in [0.5, 0.6) is 0 Å². The summed E-state index contributed by atoms with van der Waals surface area (Å²) >= 11 is 0. The van der Waals surface area contributed by atoms with E-state index in [2.05, 4.69) is 5.32 Å². The largest absolute Gasteiger partial charge is 0.354 e. The van der Waals surface area contributed by atoms with Crippen LogP contribution in [0, 0.1) is 0 Å². The van der Waals surface area contributed by atoms with Crippen molar-refractivity contribution in [1.29, 1.82) is 0 Å². The molecule has 7 heteroatoms. The van der Waals surface area contributed by atoms with Crippen molar-refractivity contribution >= 4 is 25.6 Å². The quantitative estimate of drug-likeness (QED) is 0.807. The van der Waals surface area contributed by atoms with Crippen LogP contribution in [-0.2, 0) is 15.6 Å². The van der Waals surface area contributed by atoms with E-state index in [1.165, 1.54) is 23.9 Å². The van der Waals surface area contributed by atoms with Gasteiger partial charge in [-0.3, -0.25) is 4.79 Å². The van der Waals surface area contributed by atoms with Crippen molar-refractivity contribution in [3.8, 4) is 0 Å². The third-order valence-electron chi connectivity index (χ3n) is 1.95. The maximum atomic E-state index is 11.4. The predicted octanol–water partition coefficient (Wildman–Crippen LogP) is 0.795. The molecular weight excluding hydrogens is 240 g/mol. The highest BCUT2D eigenvalue weighted by Crippen LogP contribution is 2.18. The number of nitrogens with one attached hydrogen (secondary N) is 1. The number of carbonyl (C=O) groups excluding carboxylic acids is 1. The zero-order valence-corrected chi connectivity index (χ0v) is 9.89. The van der Waals surface area contributed by atoms with Crippen LogP contribution in [0.3, 0.4) is 0 Å².